The third-order valence-electron chi connectivity index (χ3n) is 3.99. The van der Waals surface area contributed by atoms with Crippen molar-refractivity contribution in [3.63, 3.8) is 0 Å². The third kappa shape index (κ3) is 7.64. The molecule has 9 heteroatoms. The Bertz CT molecular complexity index is 693. The van der Waals surface area contributed by atoms with Crippen LogP contribution >= 0.6 is 0 Å². The highest BCUT2D eigenvalue weighted by Gasteiger charge is 2.49. The molecule has 1 aromatic rings. The summed E-state index contributed by atoms with van der Waals surface area (Å²) in [7, 11) is 3.59. The van der Waals surface area contributed by atoms with Gasteiger partial charge >= 0.3 is 17.9 Å². The minimum absolute atomic E-state index is 0.0550. The fourth-order valence-electron chi connectivity index (χ4n) is 2.60. The van der Waals surface area contributed by atoms with E-state index in [1.807, 2.05) is 20.8 Å². The first-order chi connectivity index (χ1) is 14.1. The van der Waals surface area contributed by atoms with E-state index < -0.39 is 23.1 Å². The summed E-state index contributed by atoms with van der Waals surface area (Å²) in [6, 6.07) is 6.84. The molecule has 0 unspecified atom stereocenters. The summed E-state index contributed by atoms with van der Waals surface area (Å²) >= 11 is 0. The molecule has 0 aliphatic carbocycles. The number of hydrogen-bond donors (Lipinski definition) is 1. The summed E-state index contributed by atoms with van der Waals surface area (Å²) in [4.78, 5) is 35.9. The molecule has 0 spiro atoms. The first kappa shape index (κ1) is 25.4. The van der Waals surface area contributed by atoms with E-state index in [4.69, 9.17) is 23.7 Å². The highest BCUT2D eigenvalue weighted by molar-refractivity contribution is 6.04. The molecule has 1 N–H and O–H groups in total. The fourth-order valence-corrected chi connectivity index (χ4v) is 2.60. The molecule has 0 heterocycles. The number of carbonyl (C=O) groups excluding carboxylic acids is 3. The van der Waals surface area contributed by atoms with Gasteiger partial charge in [0.1, 0.15) is 18.0 Å². The van der Waals surface area contributed by atoms with E-state index in [1.165, 1.54) is 21.3 Å². The largest absolute Gasteiger partial charge is 0.492 e. The second-order valence-electron chi connectivity index (χ2n) is 7.45. The molecule has 0 bridgehead atoms. The molecule has 0 radical (unpaired) electrons. The predicted molar refractivity (Wildman–Crippen MR) is 108 cm³/mol. The zero-order valence-electron chi connectivity index (χ0n) is 18.4. The molecule has 0 saturated heterocycles. The lowest BCUT2D eigenvalue weighted by molar-refractivity contribution is -0.184. The van der Waals surface area contributed by atoms with Crippen molar-refractivity contribution in [2.45, 2.75) is 38.4 Å². The minimum atomic E-state index is -1.88. The normalized spacial score (nSPS) is 11.5. The topological polar surface area (TPSA) is 109 Å². The quantitative estimate of drug-likeness (QED) is 0.243. The van der Waals surface area contributed by atoms with Crippen molar-refractivity contribution in [3.05, 3.63) is 29.8 Å². The number of carbonyl (C=O) groups is 3. The summed E-state index contributed by atoms with van der Waals surface area (Å²) in [6.07, 6.45) is -0.0550. The van der Waals surface area contributed by atoms with Gasteiger partial charge in [0.2, 0.25) is 0 Å². The van der Waals surface area contributed by atoms with Gasteiger partial charge < -0.3 is 29.0 Å². The molecule has 0 fully saturated rings. The van der Waals surface area contributed by atoms with E-state index in [1.54, 1.807) is 24.3 Å². The van der Waals surface area contributed by atoms with Gasteiger partial charge in [-0.15, -0.1) is 0 Å². The Labute approximate surface area is 177 Å². The number of methoxy groups -OCH3 is 3. The standard InChI is InChI=1S/C21H31NO8/c1-20(2,3)30-17(23)14-22-11-12-29-16-9-7-15(8-10-16)13-21(28-6,18(24)26-4)19(25)27-5/h7-10,22H,11-14H2,1-6H3. The Morgan fingerprint density at radius 3 is 1.97 bits per heavy atom. The summed E-state index contributed by atoms with van der Waals surface area (Å²) in [5, 5.41) is 2.95. The molecular formula is C21H31NO8. The van der Waals surface area contributed by atoms with Crippen molar-refractivity contribution in [2.24, 2.45) is 0 Å². The average molecular weight is 425 g/mol. The van der Waals surface area contributed by atoms with Crippen molar-refractivity contribution in [1.29, 1.82) is 0 Å². The number of rotatable bonds is 11. The lowest BCUT2D eigenvalue weighted by atomic mass is 9.94. The van der Waals surface area contributed by atoms with E-state index in [-0.39, 0.29) is 18.9 Å². The van der Waals surface area contributed by atoms with E-state index in [0.717, 1.165) is 0 Å². The third-order valence-corrected chi connectivity index (χ3v) is 3.99. The summed E-state index contributed by atoms with van der Waals surface area (Å²) in [6.45, 7) is 6.33. The lowest BCUT2D eigenvalue weighted by Gasteiger charge is -2.26. The first-order valence-corrected chi connectivity index (χ1v) is 9.44. The average Bonchev–Trinajstić information content (AvgIpc) is 2.70. The minimum Gasteiger partial charge on any atom is -0.492 e. The molecule has 30 heavy (non-hydrogen) atoms. The van der Waals surface area contributed by atoms with Crippen LogP contribution in [0.2, 0.25) is 0 Å². The van der Waals surface area contributed by atoms with Gasteiger partial charge in [-0.3, -0.25) is 4.79 Å². The van der Waals surface area contributed by atoms with Gasteiger partial charge in [-0.1, -0.05) is 12.1 Å². The fraction of sp³-hybridized carbons (Fsp3) is 0.571. The van der Waals surface area contributed by atoms with Crippen molar-refractivity contribution in [3.8, 4) is 5.75 Å². The van der Waals surface area contributed by atoms with Crippen molar-refractivity contribution < 1.29 is 38.1 Å². The molecule has 0 aromatic heterocycles. The van der Waals surface area contributed by atoms with Crippen LogP contribution in [-0.4, -0.2) is 70.1 Å². The Balaban J connectivity index is 2.57. The van der Waals surface area contributed by atoms with Gasteiger partial charge in [-0.25, -0.2) is 9.59 Å². The molecule has 168 valence electrons. The van der Waals surface area contributed by atoms with Crippen molar-refractivity contribution in [2.75, 3.05) is 41.0 Å². The summed E-state index contributed by atoms with van der Waals surface area (Å²) in [5.74, 6) is -1.41. The maximum Gasteiger partial charge on any atom is 0.350 e. The van der Waals surface area contributed by atoms with Crippen LogP contribution in [0.1, 0.15) is 26.3 Å². The monoisotopic (exact) mass is 425 g/mol. The van der Waals surface area contributed by atoms with Crippen LogP contribution in [0.3, 0.4) is 0 Å². The second kappa shape index (κ2) is 11.5. The highest BCUT2D eigenvalue weighted by Crippen LogP contribution is 2.23. The van der Waals surface area contributed by atoms with Crippen LogP contribution < -0.4 is 10.1 Å². The number of nitrogens with one attached hydrogen (secondary N) is 1. The number of esters is 3. The lowest BCUT2D eigenvalue weighted by Crippen LogP contribution is -2.51. The maximum atomic E-state index is 12.2. The zero-order chi connectivity index (χ0) is 22.8. The van der Waals surface area contributed by atoms with Gasteiger partial charge in [-0.05, 0) is 38.5 Å². The Kier molecular flexibility index (Phi) is 9.74. The van der Waals surface area contributed by atoms with Crippen molar-refractivity contribution >= 4 is 17.9 Å². The van der Waals surface area contributed by atoms with Gasteiger partial charge in [0, 0.05) is 20.1 Å². The van der Waals surface area contributed by atoms with Crippen molar-refractivity contribution in [1.82, 2.24) is 5.32 Å². The number of hydrogen-bond acceptors (Lipinski definition) is 9. The smallest absolute Gasteiger partial charge is 0.350 e. The SMILES string of the molecule is COC(=O)C(Cc1ccc(OCCNCC(=O)OC(C)(C)C)cc1)(OC)C(=O)OC. The zero-order valence-corrected chi connectivity index (χ0v) is 18.4. The van der Waals surface area contributed by atoms with Crippen LogP contribution in [0.25, 0.3) is 0 Å². The van der Waals surface area contributed by atoms with Gasteiger partial charge in [0.05, 0.1) is 20.8 Å². The molecular weight excluding hydrogens is 394 g/mol. The van der Waals surface area contributed by atoms with Crippen LogP contribution in [-0.2, 0) is 39.8 Å². The second-order valence-corrected chi connectivity index (χ2v) is 7.45. The van der Waals surface area contributed by atoms with E-state index >= 15 is 0 Å². The molecule has 1 rings (SSSR count). The van der Waals surface area contributed by atoms with Crippen LogP contribution in [0.5, 0.6) is 5.75 Å². The van der Waals surface area contributed by atoms with Gasteiger partial charge in [0.15, 0.2) is 0 Å². The van der Waals surface area contributed by atoms with Gasteiger partial charge in [0.25, 0.3) is 5.60 Å². The molecule has 0 saturated carbocycles. The Morgan fingerprint density at radius 1 is 0.933 bits per heavy atom. The molecule has 0 atom stereocenters. The molecule has 0 aliphatic heterocycles. The highest BCUT2D eigenvalue weighted by atomic mass is 16.6. The molecule has 0 amide bonds. The maximum absolute atomic E-state index is 12.2. The first-order valence-electron chi connectivity index (χ1n) is 9.44. The van der Waals surface area contributed by atoms with Gasteiger partial charge in [-0.2, -0.15) is 0 Å². The van der Waals surface area contributed by atoms with E-state index in [2.05, 4.69) is 5.32 Å². The number of benzene rings is 1. The Hall–Kier alpha value is -2.65. The molecule has 9 nitrogen and oxygen atoms in total. The van der Waals surface area contributed by atoms with Crippen LogP contribution in [0, 0.1) is 0 Å². The Morgan fingerprint density at radius 2 is 1.50 bits per heavy atom. The van der Waals surface area contributed by atoms with E-state index in [0.29, 0.717) is 24.5 Å². The molecule has 1 aromatic carbocycles. The number of ether oxygens (including phenoxy) is 5. The van der Waals surface area contributed by atoms with Crippen LogP contribution in [0.4, 0.5) is 0 Å². The predicted octanol–water partition coefficient (Wildman–Crippen LogP) is 1.27. The molecule has 0 aliphatic rings. The van der Waals surface area contributed by atoms with Crippen LogP contribution in [0.15, 0.2) is 24.3 Å². The summed E-state index contributed by atoms with van der Waals surface area (Å²) in [5.41, 5.74) is -1.74. The summed E-state index contributed by atoms with van der Waals surface area (Å²) < 4.78 is 25.4. The van der Waals surface area contributed by atoms with E-state index in [9.17, 15) is 14.4 Å².